The van der Waals surface area contributed by atoms with E-state index in [2.05, 4.69) is 5.32 Å². The van der Waals surface area contributed by atoms with Gasteiger partial charge in [0.25, 0.3) is 10.0 Å². The lowest BCUT2D eigenvalue weighted by molar-refractivity contribution is -0.139. The average Bonchev–Trinajstić information content (AvgIpc) is 2.95. The molecule has 12 heteroatoms. The molecule has 0 aromatic heterocycles. The van der Waals surface area contributed by atoms with Crippen LogP contribution in [-0.4, -0.2) is 57.5 Å². The molecule has 212 valence electrons. The SMILES string of the molecule is CCNC(=O)C(C)N(Cc1ccccc1Cl)C(=O)CN(c1ccc(F)cc1)S(=O)(=O)c1ccc2c(c1)OCCO2. The first-order valence-electron chi connectivity index (χ1n) is 12.6. The number of hydrogen-bond acceptors (Lipinski definition) is 6. The summed E-state index contributed by atoms with van der Waals surface area (Å²) in [6.07, 6.45) is 0. The molecule has 40 heavy (non-hydrogen) atoms. The number of carbonyl (C=O) groups excluding carboxylic acids is 2. The van der Waals surface area contributed by atoms with Gasteiger partial charge in [-0.25, -0.2) is 12.8 Å². The van der Waals surface area contributed by atoms with Gasteiger partial charge >= 0.3 is 0 Å². The zero-order chi connectivity index (χ0) is 28.9. The van der Waals surface area contributed by atoms with Crippen LogP contribution in [0.1, 0.15) is 19.4 Å². The molecule has 1 aliphatic rings. The summed E-state index contributed by atoms with van der Waals surface area (Å²) >= 11 is 6.34. The third-order valence-corrected chi connectivity index (χ3v) is 8.45. The van der Waals surface area contributed by atoms with Gasteiger partial charge in [0.05, 0.1) is 10.6 Å². The van der Waals surface area contributed by atoms with Crippen molar-refractivity contribution in [2.45, 2.75) is 31.3 Å². The van der Waals surface area contributed by atoms with E-state index in [1.54, 1.807) is 38.1 Å². The summed E-state index contributed by atoms with van der Waals surface area (Å²) in [4.78, 5) is 27.7. The van der Waals surface area contributed by atoms with Crippen LogP contribution in [0.4, 0.5) is 10.1 Å². The van der Waals surface area contributed by atoms with E-state index < -0.39 is 40.2 Å². The molecule has 1 unspecified atom stereocenters. The number of carbonyl (C=O) groups is 2. The fourth-order valence-corrected chi connectivity index (χ4v) is 5.79. The Morgan fingerprint density at radius 1 is 1.02 bits per heavy atom. The number of likely N-dealkylation sites (N-methyl/N-ethyl adjacent to an activating group) is 1. The molecule has 1 aliphatic heterocycles. The van der Waals surface area contributed by atoms with Crippen molar-refractivity contribution >= 4 is 39.1 Å². The molecule has 0 aliphatic carbocycles. The Labute approximate surface area is 237 Å². The highest BCUT2D eigenvalue weighted by molar-refractivity contribution is 7.92. The minimum Gasteiger partial charge on any atom is -0.486 e. The van der Waals surface area contributed by atoms with E-state index in [9.17, 15) is 22.4 Å². The fraction of sp³-hybridized carbons (Fsp3) is 0.286. The lowest BCUT2D eigenvalue weighted by Crippen LogP contribution is -2.51. The van der Waals surface area contributed by atoms with Gasteiger partial charge in [-0.3, -0.25) is 13.9 Å². The number of nitrogens with zero attached hydrogens (tertiary/aromatic N) is 2. The summed E-state index contributed by atoms with van der Waals surface area (Å²) in [5.74, 6) is -0.994. The Balaban J connectivity index is 1.73. The highest BCUT2D eigenvalue weighted by atomic mass is 35.5. The van der Waals surface area contributed by atoms with Gasteiger partial charge in [-0.05, 0) is 61.9 Å². The number of nitrogens with one attached hydrogen (secondary N) is 1. The Morgan fingerprint density at radius 3 is 2.38 bits per heavy atom. The van der Waals surface area contributed by atoms with Gasteiger partial charge in [-0.2, -0.15) is 0 Å². The minimum absolute atomic E-state index is 0.0435. The van der Waals surface area contributed by atoms with E-state index >= 15 is 0 Å². The van der Waals surface area contributed by atoms with Crippen molar-refractivity contribution in [3.63, 3.8) is 0 Å². The van der Waals surface area contributed by atoms with Crippen molar-refractivity contribution in [2.75, 3.05) is 30.6 Å². The van der Waals surface area contributed by atoms with E-state index in [4.69, 9.17) is 21.1 Å². The van der Waals surface area contributed by atoms with Crippen LogP contribution in [0, 0.1) is 5.82 Å². The number of rotatable bonds is 10. The minimum atomic E-state index is -4.37. The van der Waals surface area contributed by atoms with Gasteiger partial charge in [0.1, 0.15) is 31.6 Å². The standard InChI is InChI=1S/C28H29ClFN3O6S/c1-3-31-28(35)19(2)32(17-20-6-4-5-7-24(20)29)27(34)18-33(22-10-8-21(30)9-11-22)40(36,37)23-12-13-25-26(16-23)39-15-14-38-25/h4-13,16,19H,3,14-15,17-18H2,1-2H3,(H,31,35). The molecule has 2 amide bonds. The van der Waals surface area contributed by atoms with Crippen molar-refractivity contribution in [1.29, 1.82) is 0 Å². The van der Waals surface area contributed by atoms with Gasteiger partial charge in [0.2, 0.25) is 11.8 Å². The maximum atomic E-state index is 13.9. The number of anilines is 1. The number of benzene rings is 3. The predicted molar refractivity (Wildman–Crippen MR) is 149 cm³/mol. The van der Waals surface area contributed by atoms with E-state index in [1.807, 2.05) is 0 Å². The Bertz CT molecular complexity index is 1490. The van der Waals surface area contributed by atoms with Gasteiger partial charge in [0, 0.05) is 24.2 Å². The first-order valence-corrected chi connectivity index (χ1v) is 14.4. The van der Waals surface area contributed by atoms with Crippen LogP contribution in [0.25, 0.3) is 0 Å². The van der Waals surface area contributed by atoms with E-state index in [0.29, 0.717) is 29.5 Å². The third kappa shape index (κ3) is 6.48. The molecule has 0 bridgehead atoms. The normalized spacial score (nSPS) is 13.3. The Hall–Kier alpha value is -3.83. The van der Waals surface area contributed by atoms with Gasteiger partial charge in [-0.1, -0.05) is 29.8 Å². The highest BCUT2D eigenvalue weighted by Gasteiger charge is 2.33. The molecule has 0 saturated carbocycles. The quantitative estimate of drug-likeness (QED) is 0.383. The lowest BCUT2D eigenvalue weighted by Gasteiger charge is -2.32. The molecule has 1 heterocycles. The van der Waals surface area contributed by atoms with E-state index in [1.165, 1.54) is 35.2 Å². The molecular formula is C28H29ClFN3O6S. The average molecular weight is 590 g/mol. The van der Waals surface area contributed by atoms with Crippen LogP contribution in [0.3, 0.4) is 0 Å². The van der Waals surface area contributed by atoms with Gasteiger partial charge in [-0.15, -0.1) is 0 Å². The summed E-state index contributed by atoms with van der Waals surface area (Å²) < 4.78 is 53.6. The summed E-state index contributed by atoms with van der Waals surface area (Å²) in [5.41, 5.74) is 0.643. The number of ether oxygens (including phenoxy) is 2. The number of sulfonamides is 1. The topological polar surface area (TPSA) is 105 Å². The second kappa shape index (κ2) is 12.6. The van der Waals surface area contributed by atoms with E-state index in [0.717, 1.165) is 16.4 Å². The van der Waals surface area contributed by atoms with Crippen LogP contribution in [0.5, 0.6) is 11.5 Å². The molecule has 0 fully saturated rings. The highest BCUT2D eigenvalue weighted by Crippen LogP contribution is 2.34. The fourth-order valence-electron chi connectivity index (χ4n) is 4.16. The summed E-state index contributed by atoms with van der Waals surface area (Å²) in [5, 5.41) is 3.08. The lowest BCUT2D eigenvalue weighted by atomic mass is 10.1. The maximum absolute atomic E-state index is 13.9. The summed E-state index contributed by atoms with van der Waals surface area (Å²) in [7, 11) is -4.37. The van der Waals surface area contributed by atoms with E-state index in [-0.39, 0.29) is 29.5 Å². The van der Waals surface area contributed by atoms with Gasteiger partial charge in [0.15, 0.2) is 11.5 Å². The van der Waals surface area contributed by atoms with Crippen molar-refractivity contribution in [2.24, 2.45) is 0 Å². The maximum Gasteiger partial charge on any atom is 0.264 e. The van der Waals surface area contributed by atoms with Gasteiger partial charge < -0.3 is 19.7 Å². The molecule has 3 aromatic carbocycles. The van der Waals surface area contributed by atoms with Crippen molar-refractivity contribution in [3.05, 3.63) is 83.1 Å². The second-order valence-corrected chi connectivity index (χ2v) is 11.2. The van der Waals surface area contributed by atoms with Crippen molar-refractivity contribution < 1.29 is 31.9 Å². The number of amides is 2. The van der Waals surface area contributed by atoms with Crippen LogP contribution < -0.4 is 19.1 Å². The van der Waals surface area contributed by atoms with Crippen LogP contribution in [0.2, 0.25) is 5.02 Å². The number of hydrogen-bond donors (Lipinski definition) is 1. The molecule has 0 radical (unpaired) electrons. The first kappa shape index (κ1) is 29.2. The summed E-state index contributed by atoms with van der Waals surface area (Å²) in [6, 6.07) is 14.8. The Morgan fingerprint density at radius 2 is 1.70 bits per heavy atom. The first-order chi connectivity index (χ1) is 19.1. The molecule has 1 N–H and O–H groups in total. The zero-order valence-corrected chi connectivity index (χ0v) is 23.5. The molecule has 0 saturated heterocycles. The zero-order valence-electron chi connectivity index (χ0n) is 22.0. The van der Waals surface area contributed by atoms with Crippen LogP contribution in [0.15, 0.2) is 71.6 Å². The van der Waals surface area contributed by atoms with Crippen LogP contribution >= 0.6 is 11.6 Å². The van der Waals surface area contributed by atoms with Crippen molar-refractivity contribution in [1.82, 2.24) is 10.2 Å². The third-order valence-electron chi connectivity index (χ3n) is 6.31. The molecule has 4 rings (SSSR count). The smallest absolute Gasteiger partial charge is 0.264 e. The molecule has 0 spiro atoms. The van der Waals surface area contributed by atoms with Crippen molar-refractivity contribution in [3.8, 4) is 11.5 Å². The number of fused-ring (bicyclic) bond motifs is 1. The predicted octanol–water partition coefficient (Wildman–Crippen LogP) is 4.00. The molecule has 9 nitrogen and oxygen atoms in total. The molecule has 3 aromatic rings. The largest absolute Gasteiger partial charge is 0.486 e. The van der Waals surface area contributed by atoms with Crippen LogP contribution in [-0.2, 0) is 26.2 Å². The molecule has 1 atom stereocenters. The summed E-state index contributed by atoms with van der Waals surface area (Å²) in [6.45, 7) is 3.52. The second-order valence-electron chi connectivity index (χ2n) is 8.98. The Kier molecular flexibility index (Phi) is 9.16. The number of halogens is 2. The monoisotopic (exact) mass is 589 g/mol. The molecular weight excluding hydrogens is 561 g/mol.